The first-order valence-corrected chi connectivity index (χ1v) is 5.96. The fraction of sp³-hybridized carbons (Fsp3) is 0.917. The zero-order valence-electron chi connectivity index (χ0n) is 10.1. The Balaban J connectivity index is 2.51. The lowest BCUT2D eigenvalue weighted by atomic mass is 9.82. The fourth-order valence-corrected chi connectivity index (χ4v) is 2.17. The van der Waals surface area contributed by atoms with Crippen LogP contribution in [0.15, 0.2) is 0 Å². The van der Waals surface area contributed by atoms with Gasteiger partial charge in [0.1, 0.15) is 0 Å². The molecule has 1 saturated carbocycles. The molecule has 1 fully saturated rings. The van der Waals surface area contributed by atoms with E-state index in [1.54, 1.807) is 0 Å². The average Bonchev–Trinajstić information content (AvgIpc) is 2.97. The number of carboxylic acids is 1. The summed E-state index contributed by atoms with van der Waals surface area (Å²) >= 11 is 0. The van der Waals surface area contributed by atoms with Gasteiger partial charge in [0.25, 0.3) is 0 Å². The van der Waals surface area contributed by atoms with Gasteiger partial charge in [0.15, 0.2) is 0 Å². The number of nitrogens with zero attached hydrogens (tertiary/aromatic N) is 1. The molecule has 0 aromatic carbocycles. The van der Waals surface area contributed by atoms with Crippen LogP contribution < -0.4 is 0 Å². The maximum atomic E-state index is 11.3. The Kier molecular flexibility index (Phi) is 4.14. The Morgan fingerprint density at radius 1 is 1.40 bits per heavy atom. The average molecular weight is 213 g/mol. The third-order valence-corrected chi connectivity index (χ3v) is 3.65. The van der Waals surface area contributed by atoms with Gasteiger partial charge in [-0.15, -0.1) is 0 Å². The molecular formula is C12H23NO2. The predicted octanol–water partition coefficient (Wildman–Crippen LogP) is 2.22. The Morgan fingerprint density at radius 3 is 2.27 bits per heavy atom. The van der Waals surface area contributed by atoms with Crippen molar-refractivity contribution in [3.8, 4) is 0 Å². The van der Waals surface area contributed by atoms with Crippen molar-refractivity contribution in [3.63, 3.8) is 0 Å². The number of hydrogen-bond donors (Lipinski definition) is 1. The second kappa shape index (κ2) is 4.97. The normalized spacial score (nSPS) is 17.1. The summed E-state index contributed by atoms with van der Waals surface area (Å²) < 4.78 is 0. The Hall–Kier alpha value is -0.570. The zero-order chi connectivity index (χ0) is 11.5. The summed E-state index contributed by atoms with van der Waals surface area (Å²) in [6.07, 6.45) is 4.08. The Bertz CT molecular complexity index is 220. The molecular weight excluding hydrogens is 190 g/mol. The minimum Gasteiger partial charge on any atom is -0.481 e. The quantitative estimate of drug-likeness (QED) is 0.705. The van der Waals surface area contributed by atoms with Crippen LogP contribution in [0.4, 0.5) is 0 Å². The van der Waals surface area contributed by atoms with E-state index < -0.39 is 11.4 Å². The maximum absolute atomic E-state index is 11.3. The lowest BCUT2D eigenvalue weighted by Gasteiger charge is -2.31. The highest BCUT2D eigenvalue weighted by Gasteiger charge is 2.36. The van der Waals surface area contributed by atoms with E-state index in [0.29, 0.717) is 19.4 Å². The molecule has 0 bridgehead atoms. The van der Waals surface area contributed by atoms with Crippen LogP contribution >= 0.6 is 0 Å². The van der Waals surface area contributed by atoms with Crippen LogP contribution in [0.3, 0.4) is 0 Å². The molecule has 1 aliphatic carbocycles. The lowest BCUT2D eigenvalue weighted by Crippen LogP contribution is -2.41. The molecule has 0 unspecified atom stereocenters. The molecule has 0 radical (unpaired) electrons. The van der Waals surface area contributed by atoms with Crippen LogP contribution in [0, 0.1) is 11.3 Å². The van der Waals surface area contributed by atoms with Gasteiger partial charge in [-0.3, -0.25) is 4.79 Å². The summed E-state index contributed by atoms with van der Waals surface area (Å²) in [5.41, 5.74) is -0.538. The zero-order valence-corrected chi connectivity index (χ0v) is 10.1. The molecule has 0 atom stereocenters. The van der Waals surface area contributed by atoms with E-state index in [4.69, 9.17) is 0 Å². The fourth-order valence-electron chi connectivity index (χ4n) is 2.17. The van der Waals surface area contributed by atoms with Gasteiger partial charge in [-0.1, -0.05) is 13.8 Å². The number of aliphatic carboxylic acids is 1. The van der Waals surface area contributed by atoms with E-state index >= 15 is 0 Å². The standard InChI is InChI=1S/C12H23NO2/c1-4-12(5-2,11(14)15)9-13(3)8-10-6-7-10/h10H,4-9H2,1-3H3,(H,14,15). The SMILES string of the molecule is CCC(CC)(CN(C)CC1CC1)C(=O)O. The predicted molar refractivity (Wildman–Crippen MR) is 60.9 cm³/mol. The van der Waals surface area contributed by atoms with Crippen LogP contribution in [-0.4, -0.2) is 36.1 Å². The van der Waals surface area contributed by atoms with Crippen LogP contribution in [0.2, 0.25) is 0 Å². The minimum atomic E-state index is -0.643. The van der Waals surface area contributed by atoms with Gasteiger partial charge in [-0.2, -0.15) is 0 Å². The van der Waals surface area contributed by atoms with Crippen molar-refractivity contribution in [1.82, 2.24) is 4.90 Å². The summed E-state index contributed by atoms with van der Waals surface area (Å²) in [6, 6.07) is 0. The Labute approximate surface area is 92.5 Å². The molecule has 0 heterocycles. The van der Waals surface area contributed by atoms with Crippen LogP contribution in [0.1, 0.15) is 39.5 Å². The van der Waals surface area contributed by atoms with Crippen molar-refractivity contribution in [2.45, 2.75) is 39.5 Å². The monoisotopic (exact) mass is 213 g/mol. The summed E-state index contributed by atoms with van der Waals surface area (Å²) in [5, 5.41) is 9.30. The first kappa shape index (κ1) is 12.5. The minimum absolute atomic E-state index is 0.538. The summed E-state index contributed by atoms with van der Waals surface area (Å²) in [7, 11) is 2.04. The maximum Gasteiger partial charge on any atom is 0.310 e. The third kappa shape index (κ3) is 3.20. The molecule has 3 nitrogen and oxygen atoms in total. The van der Waals surface area contributed by atoms with E-state index in [9.17, 15) is 9.90 Å². The molecule has 88 valence electrons. The molecule has 0 aromatic rings. The Morgan fingerprint density at radius 2 is 1.93 bits per heavy atom. The highest BCUT2D eigenvalue weighted by Crippen LogP contribution is 2.32. The lowest BCUT2D eigenvalue weighted by molar-refractivity contribution is -0.150. The molecule has 0 spiro atoms. The summed E-state index contributed by atoms with van der Waals surface area (Å²) in [6.45, 7) is 5.70. The van der Waals surface area contributed by atoms with E-state index in [2.05, 4.69) is 4.90 Å². The molecule has 0 aromatic heterocycles. The second-order valence-corrected chi connectivity index (χ2v) is 4.93. The van der Waals surface area contributed by atoms with E-state index in [0.717, 1.165) is 12.5 Å². The van der Waals surface area contributed by atoms with Crippen molar-refractivity contribution in [1.29, 1.82) is 0 Å². The number of carbonyl (C=O) groups is 1. The highest BCUT2D eigenvalue weighted by atomic mass is 16.4. The van der Waals surface area contributed by atoms with Gasteiger partial charge in [0.2, 0.25) is 0 Å². The van der Waals surface area contributed by atoms with E-state index in [1.807, 2.05) is 20.9 Å². The van der Waals surface area contributed by atoms with Gasteiger partial charge in [0.05, 0.1) is 5.41 Å². The van der Waals surface area contributed by atoms with Gasteiger partial charge >= 0.3 is 5.97 Å². The van der Waals surface area contributed by atoms with Crippen LogP contribution in [-0.2, 0) is 4.79 Å². The molecule has 3 heteroatoms. The van der Waals surface area contributed by atoms with Crippen LogP contribution in [0.25, 0.3) is 0 Å². The summed E-state index contributed by atoms with van der Waals surface area (Å²) in [4.78, 5) is 13.5. The van der Waals surface area contributed by atoms with Gasteiger partial charge in [-0.05, 0) is 38.6 Å². The number of hydrogen-bond acceptors (Lipinski definition) is 2. The first-order valence-electron chi connectivity index (χ1n) is 5.96. The topological polar surface area (TPSA) is 40.5 Å². The molecule has 0 saturated heterocycles. The van der Waals surface area contributed by atoms with Crippen molar-refractivity contribution in [3.05, 3.63) is 0 Å². The van der Waals surface area contributed by atoms with Crippen molar-refractivity contribution in [2.24, 2.45) is 11.3 Å². The smallest absolute Gasteiger partial charge is 0.310 e. The molecule has 1 N–H and O–H groups in total. The van der Waals surface area contributed by atoms with Gasteiger partial charge in [-0.25, -0.2) is 0 Å². The highest BCUT2D eigenvalue weighted by molar-refractivity contribution is 5.74. The molecule has 0 amide bonds. The van der Waals surface area contributed by atoms with Gasteiger partial charge in [0, 0.05) is 13.1 Å². The van der Waals surface area contributed by atoms with Gasteiger partial charge < -0.3 is 10.0 Å². The molecule has 1 rings (SSSR count). The number of rotatable bonds is 7. The third-order valence-electron chi connectivity index (χ3n) is 3.65. The number of carboxylic acid groups (broad SMARTS) is 1. The molecule has 0 aliphatic heterocycles. The van der Waals surface area contributed by atoms with Crippen molar-refractivity contribution < 1.29 is 9.90 Å². The molecule has 1 aliphatic rings. The summed E-state index contributed by atoms with van der Waals surface area (Å²) in [5.74, 6) is 0.186. The van der Waals surface area contributed by atoms with Crippen molar-refractivity contribution >= 4 is 5.97 Å². The van der Waals surface area contributed by atoms with Crippen LogP contribution in [0.5, 0.6) is 0 Å². The first-order chi connectivity index (χ1) is 7.04. The van der Waals surface area contributed by atoms with E-state index in [1.165, 1.54) is 12.8 Å². The van der Waals surface area contributed by atoms with E-state index in [-0.39, 0.29) is 0 Å². The second-order valence-electron chi connectivity index (χ2n) is 4.93. The molecule has 15 heavy (non-hydrogen) atoms. The van der Waals surface area contributed by atoms with Crippen molar-refractivity contribution in [2.75, 3.05) is 20.1 Å². The largest absolute Gasteiger partial charge is 0.481 e.